The highest BCUT2D eigenvalue weighted by Gasteiger charge is 2.55. The van der Waals surface area contributed by atoms with E-state index in [1.165, 1.54) is 25.7 Å². The van der Waals surface area contributed by atoms with Gasteiger partial charge in [-0.15, -0.1) is 0 Å². The zero-order chi connectivity index (χ0) is 9.71. The lowest BCUT2D eigenvalue weighted by atomic mass is 9.76. The van der Waals surface area contributed by atoms with Gasteiger partial charge in [0.2, 0.25) is 0 Å². The van der Waals surface area contributed by atoms with E-state index in [0.717, 1.165) is 23.7 Å². The van der Waals surface area contributed by atoms with E-state index in [0.29, 0.717) is 25.0 Å². The lowest BCUT2D eigenvalue weighted by molar-refractivity contribution is 0.120. The minimum absolute atomic E-state index is 0.385. The maximum atomic E-state index is 9.28. The van der Waals surface area contributed by atoms with E-state index < -0.39 is 0 Å². The first-order valence-corrected chi connectivity index (χ1v) is 6.05. The molecule has 0 radical (unpaired) electrons. The molecule has 0 aromatic rings. The third-order valence-corrected chi connectivity index (χ3v) is 5.20. The molecule has 0 spiro atoms. The molecule has 3 fully saturated rings. The maximum absolute atomic E-state index is 9.28. The normalized spacial score (nSPS) is 55.3. The van der Waals surface area contributed by atoms with Crippen LogP contribution in [0.4, 0.5) is 0 Å². The van der Waals surface area contributed by atoms with Crippen molar-refractivity contribution in [2.45, 2.75) is 25.7 Å². The highest BCUT2D eigenvalue weighted by atomic mass is 16.3. The van der Waals surface area contributed by atoms with Crippen LogP contribution in [0.1, 0.15) is 25.7 Å². The summed E-state index contributed by atoms with van der Waals surface area (Å²) in [6.45, 7) is 0.782. The molecule has 3 aliphatic rings. The minimum Gasteiger partial charge on any atom is -0.396 e. The lowest BCUT2D eigenvalue weighted by Gasteiger charge is -2.30. The SMILES string of the molecule is OC[C@H]1C[C@H]2[C@H](C1)[C@H]1C[C@H](CO)[C@H]2C1. The number of aliphatic hydroxyl groups excluding tert-OH is 2. The van der Waals surface area contributed by atoms with E-state index in [2.05, 4.69) is 0 Å². The van der Waals surface area contributed by atoms with Crippen LogP contribution in [0.15, 0.2) is 0 Å². The molecule has 2 nitrogen and oxygen atoms in total. The summed E-state index contributed by atoms with van der Waals surface area (Å²) in [6.07, 6.45) is 5.14. The van der Waals surface area contributed by atoms with Crippen LogP contribution in [0.2, 0.25) is 0 Å². The second-order valence-electron chi connectivity index (χ2n) is 5.69. The van der Waals surface area contributed by atoms with Gasteiger partial charge in [-0.25, -0.2) is 0 Å². The third kappa shape index (κ3) is 1.10. The van der Waals surface area contributed by atoms with E-state index in [1.54, 1.807) is 0 Å². The largest absolute Gasteiger partial charge is 0.396 e. The van der Waals surface area contributed by atoms with Crippen LogP contribution >= 0.6 is 0 Å². The predicted octanol–water partition coefficient (Wildman–Crippen LogP) is 1.27. The standard InChI is InChI=1S/C12H20O2/c13-5-7-1-10-8-3-9(6-14)11(4-8)12(10)2-7/h7-14H,1-6H2/t7-,8+,9-,10-,11-,12+/m1/s1. The smallest absolute Gasteiger partial charge is 0.0462 e. The average Bonchev–Trinajstić information content (AvgIpc) is 2.87. The number of fused-ring (bicyclic) bond motifs is 5. The van der Waals surface area contributed by atoms with Crippen LogP contribution in [0.5, 0.6) is 0 Å². The predicted molar refractivity (Wildman–Crippen MR) is 53.6 cm³/mol. The van der Waals surface area contributed by atoms with Crippen molar-refractivity contribution in [1.82, 2.24) is 0 Å². The Morgan fingerprint density at radius 3 is 2.29 bits per heavy atom. The summed E-state index contributed by atoms with van der Waals surface area (Å²) in [7, 11) is 0. The Kier molecular flexibility index (Phi) is 2.10. The number of hydrogen-bond donors (Lipinski definition) is 2. The van der Waals surface area contributed by atoms with E-state index in [9.17, 15) is 10.2 Å². The Labute approximate surface area is 85.3 Å². The van der Waals surface area contributed by atoms with Crippen LogP contribution in [0.3, 0.4) is 0 Å². The summed E-state index contributed by atoms with van der Waals surface area (Å²) in [5.74, 6) is 4.61. The van der Waals surface area contributed by atoms with E-state index in [-0.39, 0.29) is 0 Å². The maximum Gasteiger partial charge on any atom is 0.0462 e. The Morgan fingerprint density at radius 2 is 1.57 bits per heavy atom. The molecule has 0 aromatic carbocycles. The second-order valence-corrected chi connectivity index (χ2v) is 5.69. The van der Waals surface area contributed by atoms with Crippen molar-refractivity contribution >= 4 is 0 Å². The van der Waals surface area contributed by atoms with Crippen LogP contribution in [0.25, 0.3) is 0 Å². The monoisotopic (exact) mass is 196 g/mol. The molecule has 2 N–H and O–H groups in total. The zero-order valence-electron chi connectivity index (χ0n) is 8.60. The summed E-state index contributed by atoms with van der Waals surface area (Å²) in [5.41, 5.74) is 0. The van der Waals surface area contributed by atoms with Gasteiger partial charge >= 0.3 is 0 Å². The molecule has 80 valence electrons. The Balaban J connectivity index is 1.75. The Morgan fingerprint density at radius 1 is 0.786 bits per heavy atom. The average molecular weight is 196 g/mol. The molecule has 2 heteroatoms. The van der Waals surface area contributed by atoms with Crippen LogP contribution in [0, 0.1) is 35.5 Å². The van der Waals surface area contributed by atoms with Gasteiger partial charge in [0.25, 0.3) is 0 Å². The molecule has 14 heavy (non-hydrogen) atoms. The molecule has 0 aromatic heterocycles. The molecular formula is C12H20O2. The quantitative estimate of drug-likeness (QED) is 0.698. The summed E-state index contributed by atoms with van der Waals surface area (Å²) in [6, 6.07) is 0. The molecular weight excluding hydrogens is 176 g/mol. The van der Waals surface area contributed by atoms with Crippen LogP contribution in [-0.4, -0.2) is 23.4 Å². The molecule has 0 unspecified atom stereocenters. The minimum atomic E-state index is 0.385. The van der Waals surface area contributed by atoms with Crippen molar-refractivity contribution in [1.29, 1.82) is 0 Å². The summed E-state index contributed by atoms with van der Waals surface area (Å²) in [5, 5.41) is 18.5. The highest BCUT2D eigenvalue weighted by molar-refractivity contribution is 5.04. The molecule has 0 saturated heterocycles. The zero-order valence-corrected chi connectivity index (χ0v) is 8.60. The topological polar surface area (TPSA) is 40.5 Å². The van der Waals surface area contributed by atoms with Crippen LogP contribution in [-0.2, 0) is 0 Å². The first kappa shape index (κ1) is 9.17. The third-order valence-electron chi connectivity index (χ3n) is 5.20. The molecule has 0 amide bonds. The summed E-state index contributed by atoms with van der Waals surface area (Å²) >= 11 is 0. The fourth-order valence-electron chi connectivity index (χ4n) is 4.68. The van der Waals surface area contributed by atoms with Crippen molar-refractivity contribution in [3.63, 3.8) is 0 Å². The van der Waals surface area contributed by atoms with Gasteiger partial charge in [-0.3, -0.25) is 0 Å². The number of aliphatic hydroxyl groups is 2. The van der Waals surface area contributed by atoms with Crippen LogP contribution < -0.4 is 0 Å². The second kappa shape index (κ2) is 3.21. The Hall–Kier alpha value is -0.0800. The van der Waals surface area contributed by atoms with E-state index >= 15 is 0 Å². The van der Waals surface area contributed by atoms with E-state index in [4.69, 9.17) is 0 Å². The van der Waals surface area contributed by atoms with E-state index in [1.807, 2.05) is 0 Å². The van der Waals surface area contributed by atoms with Crippen molar-refractivity contribution in [3.8, 4) is 0 Å². The van der Waals surface area contributed by atoms with Gasteiger partial charge in [-0.1, -0.05) is 0 Å². The summed E-state index contributed by atoms with van der Waals surface area (Å²) < 4.78 is 0. The molecule has 0 heterocycles. The van der Waals surface area contributed by atoms with Gasteiger partial charge in [0, 0.05) is 13.2 Å². The molecule has 3 rings (SSSR count). The molecule has 6 atom stereocenters. The Bertz CT molecular complexity index is 226. The van der Waals surface area contributed by atoms with Gasteiger partial charge in [0.1, 0.15) is 0 Å². The fraction of sp³-hybridized carbons (Fsp3) is 1.00. The highest BCUT2D eigenvalue weighted by Crippen LogP contribution is 2.61. The number of rotatable bonds is 2. The first-order valence-electron chi connectivity index (χ1n) is 6.05. The summed E-state index contributed by atoms with van der Waals surface area (Å²) in [4.78, 5) is 0. The van der Waals surface area contributed by atoms with Gasteiger partial charge in [-0.05, 0) is 61.2 Å². The molecule has 2 bridgehead atoms. The number of hydrogen-bond acceptors (Lipinski definition) is 2. The van der Waals surface area contributed by atoms with Gasteiger partial charge in [-0.2, -0.15) is 0 Å². The van der Waals surface area contributed by atoms with Crippen molar-refractivity contribution in [2.24, 2.45) is 35.5 Å². The van der Waals surface area contributed by atoms with Crippen molar-refractivity contribution in [2.75, 3.05) is 13.2 Å². The van der Waals surface area contributed by atoms with Gasteiger partial charge in [0.15, 0.2) is 0 Å². The fourth-order valence-corrected chi connectivity index (χ4v) is 4.68. The first-order chi connectivity index (χ1) is 6.83. The molecule has 3 saturated carbocycles. The van der Waals surface area contributed by atoms with Crippen molar-refractivity contribution < 1.29 is 10.2 Å². The molecule has 0 aliphatic heterocycles. The van der Waals surface area contributed by atoms with Gasteiger partial charge < -0.3 is 10.2 Å². The molecule has 3 aliphatic carbocycles. The van der Waals surface area contributed by atoms with Gasteiger partial charge in [0.05, 0.1) is 0 Å². The van der Waals surface area contributed by atoms with Crippen molar-refractivity contribution in [3.05, 3.63) is 0 Å². The lowest BCUT2D eigenvalue weighted by Crippen LogP contribution is -2.26.